The van der Waals surface area contributed by atoms with Crippen LogP contribution in [-0.2, 0) is 6.42 Å². The van der Waals surface area contributed by atoms with E-state index >= 15 is 0 Å². The van der Waals surface area contributed by atoms with E-state index < -0.39 is 0 Å². The van der Waals surface area contributed by atoms with Gasteiger partial charge in [0.15, 0.2) is 5.75 Å². The van der Waals surface area contributed by atoms with Crippen molar-refractivity contribution in [3.63, 3.8) is 0 Å². The van der Waals surface area contributed by atoms with Gasteiger partial charge in [-0.25, -0.2) is 4.98 Å². The van der Waals surface area contributed by atoms with E-state index in [-0.39, 0.29) is 11.2 Å². The molecule has 0 amide bonds. The first-order chi connectivity index (χ1) is 17.2. The Kier molecular flexibility index (Phi) is 9.89. The third-order valence-electron chi connectivity index (χ3n) is 6.45. The number of nitrogens with zero attached hydrogens (tertiary/aromatic N) is 1. The van der Waals surface area contributed by atoms with Crippen molar-refractivity contribution in [2.24, 2.45) is 0 Å². The van der Waals surface area contributed by atoms with Crippen LogP contribution in [0.5, 0.6) is 11.5 Å². The molecule has 36 heavy (non-hydrogen) atoms. The number of fused-ring (bicyclic) bond motifs is 2. The predicted molar refractivity (Wildman–Crippen MR) is 154 cm³/mol. The van der Waals surface area contributed by atoms with Gasteiger partial charge in [-0.3, -0.25) is 4.79 Å². The van der Waals surface area contributed by atoms with Crippen molar-refractivity contribution in [3.8, 4) is 22.1 Å². The van der Waals surface area contributed by atoms with E-state index in [4.69, 9.17) is 14.5 Å². The second-order valence-corrected chi connectivity index (χ2v) is 10.8. The average molecular weight is 506 g/mol. The van der Waals surface area contributed by atoms with Crippen LogP contribution < -0.4 is 14.9 Å². The fourth-order valence-electron chi connectivity index (χ4n) is 4.31. The molecule has 0 radical (unpaired) electrons. The van der Waals surface area contributed by atoms with E-state index in [1.165, 1.54) is 29.4 Å². The van der Waals surface area contributed by atoms with Crippen molar-refractivity contribution in [1.82, 2.24) is 4.98 Å². The van der Waals surface area contributed by atoms with Gasteiger partial charge in [0.1, 0.15) is 5.69 Å². The molecule has 3 rings (SSSR count). The van der Waals surface area contributed by atoms with Crippen molar-refractivity contribution < 1.29 is 9.47 Å². The van der Waals surface area contributed by atoms with Gasteiger partial charge in [0, 0.05) is 5.56 Å². The SMILES string of the molecule is COc1c2nc3cc(CC/C=C(\C)CC/C=C(\C)CCC=C(C)C)ccc3sc-2c(C)c(=O)c1OC. The third-order valence-corrected chi connectivity index (χ3v) is 7.72. The van der Waals surface area contributed by atoms with Crippen LogP contribution >= 0.6 is 11.3 Å². The van der Waals surface area contributed by atoms with Crippen LogP contribution in [0.1, 0.15) is 70.9 Å². The second kappa shape index (κ2) is 12.9. The minimum atomic E-state index is -0.146. The van der Waals surface area contributed by atoms with E-state index in [2.05, 4.69) is 64.1 Å². The second-order valence-electron chi connectivity index (χ2n) is 9.71. The molecule has 0 N–H and O–H groups in total. The summed E-state index contributed by atoms with van der Waals surface area (Å²) in [6, 6.07) is 6.43. The first-order valence-corrected chi connectivity index (χ1v) is 13.5. The fraction of sp³-hybridized carbons (Fsp3) is 0.419. The van der Waals surface area contributed by atoms with Crippen molar-refractivity contribution in [3.05, 3.63) is 74.5 Å². The number of rotatable bonds is 11. The van der Waals surface area contributed by atoms with E-state index in [1.807, 2.05) is 6.92 Å². The lowest BCUT2D eigenvalue weighted by molar-refractivity contribution is 0.352. The topological polar surface area (TPSA) is 48.4 Å². The molecule has 0 atom stereocenters. The molecule has 0 saturated heterocycles. The highest BCUT2D eigenvalue weighted by atomic mass is 32.1. The molecule has 0 fully saturated rings. The molecule has 0 saturated carbocycles. The largest absolute Gasteiger partial charge is 0.491 e. The average Bonchev–Trinajstić information content (AvgIpc) is 2.84. The van der Waals surface area contributed by atoms with Gasteiger partial charge in [-0.2, -0.15) is 0 Å². The molecular weight excluding hydrogens is 466 g/mol. The van der Waals surface area contributed by atoms with Gasteiger partial charge in [-0.1, -0.05) is 41.0 Å². The highest BCUT2D eigenvalue weighted by Crippen LogP contribution is 2.42. The molecule has 4 nitrogen and oxygen atoms in total. The molecule has 0 bridgehead atoms. The van der Waals surface area contributed by atoms with Crippen LogP contribution in [0, 0.1) is 6.92 Å². The van der Waals surface area contributed by atoms with E-state index in [0.717, 1.165) is 53.6 Å². The Hall–Kier alpha value is -2.92. The summed E-state index contributed by atoms with van der Waals surface area (Å²) in [5, 5.41) is 0. The maximum absolute atomic E-state index is 12.7. The molecule has 1 aliphatic carbocycles. The van der Waals surface area contributed by atoms with Crippen LogP contribution in [0.2, 0.25) is 0 Å². The molecule has 0 unspecified atom stereocenters. The first kappa shape index (κ1) is 27.7. The number of aryl methyl sites for hydroxylation is 1. The zero-order valence-corrected chi connectivity index (χ0v) is 23.6. The number of hydrogen-bond donors (Lipinski definition) is 0. The Morgan fingerprint density at radius 2 is 1.56 bits per heavy atom. The van der Waals surface area contributed by atoms with Gasteiger partial charge in [-0.15, -0.1) is 11.3 Å². The number of benzene rings is 2. The van der Waals surface area contributed by atoms with Crippen LogP contribution in [0.25, 0.3) is 20.8 Å². The van der Waals surface area contributed by atoms with E-state index in [9.17, 15) is 4.79 Å². The normalized spacial score (nSPS) is 12.3. The van der Waals surface area contributed by atoms with Gasteiger partial charge in [0.25, 0.3) is 0 Å². The molecule has 1 heterocycles. The Morgan fingerprint density at radius 3 is 2.19 bits per heavy atom. The highest BCUT2D eigenvalue weighted by molar-refractivity contribution is 7.21. The molecule has 2 aliphatic rings. The van der Waals surface area contributed by atoms with E-state index in [1.54, 1.807) is 18.4 Å². The van der Waals surface area contributed by atoms with Crippen LogP contribution in [0.3, 0.4) is 0 Å². The monoisotopic (exact) mass is 505 g/mol. The number of allylic oxidation sites excluding steroid dienone is 6. The minimum Gasteiger partial charge on any atom is -0.491 e. The molecule has 0 spiro atoms. The fourth-order valence-corrected chi connectivity index (χ4v) is 5.36. The summed E-state index contributed by atoms with van der Waals surface area (Å²) in [5.74, 6) is 0.627. The van der Waals surface area contributed by atoms with Gasteiger partial charge in [0.2, 0.25) is 11.2 Å². The van der Waals surface area contributed by atoms with Crippen LogP contribution in [0.4, 0.5) is 0 Å². The van der Waals surface area contributed by atoms with Crippen LogP contribution in [0.15, 0.2) is 57.9 Å². The Morgan fingerprint density at radius 1 is 0.917 bits per heavy atom. The smallest absolute Gasteiger partial charge is 0.228 e. The molecular formula is C31H39NO3S. The zero-order chi connectivity index (χ0) is 26.2. The Labute approximate surface area is 219 Å². The van der Waals surface area contributed by atoms with Crippen LogP contribution in [-0.4, -0.2) is 19.2 Å². The Bertz CT molecular complexity index is 1330. The lowest BCUT2D eigenvalue weighted by Crippen LogP contribution is -2.13. The lowest BCUT2D eigenvalue weighted by Gasteiger charge is -2.16. The molecule has 192 valence electrons. The van der Waals surface area contributed by atoms with Gasteiger partial charge in [-0.05, 0) is 90.8 Å². The number of hydrogen-bond acceptors (Lipinski definition) is 5. The minimum absolute atomic E-state index is 0.146. The Balaban J connectivity index is 1.69. The van der Waals surface area contributed by atoms with Gasteiger partial charge < -0.3 is 9.47 Å². The summed E-state index contributed by atoms with van der Waals surface area (Å²) >= 11 is 1.58. The predicted octanol–water partition coefficient (Wildman–Crippen LogP) is 8.44. The van der Waals surface area contributed by atoms with Gasteiger partial charge >= 0.3 is 0 Å². The quantitative estimate of drug-likeness (QED) is 0.194. The van der Waals surface area contributed by atoms with Crippen molar-refractivity contribution in [2.45, 2.75) is 73.1 Å². The summed E-state index contributed by atoms with van der Waals surface area (Å²) in [7, 11) is 3.04. The highest BCUT2D eigenvalue weighted by Gasteiger charge is 2.24. The van der Waals surface area contributed by atoms with Crippen molar-refractivity contribution in [2.75, 3.05) is 14.2 Å². The lowest BCUT2D eigenvalue weighted by atomic mass is 10.0. The molecule has 1 aliphatic heterocycles. The summed E-state index contributed by atoms with van der Waals surface area (Å²) in [4.78, 5) is 18.4. The number of methoxy groups -OCH3 is 2. The van der Waals surface area contributed by atoms with E-state index in [0.29, 0.717) is 17.0 Å². The zero-order valence-electron chi connectivity index (χ0n) is 22.8. The number of ether oxygens (including phenoxy) is 2. The third kappa shape index (κ3) is 6.85. The molecule has 0 aromatic heterocycles. The van der Waals surface area contributed by atoms with Crippen molar-refractivity contribution >= 4 is 21.6 Å². The first-order valence-electron chi connectivity index (χ1n) is 12.7. The van der Waals surface area contributed by atoms with Crippen molar-refractivity contribution in [1.29, 1.82) is 0 Å². The maximum atomic E-state index is 12.7. The summed E-state index contributed by atoms with van der Waals surface area (Å²) in [6.45, 7) is 10.6. The summed E-state index contributed by atoms with van der Waals surface area (Å²) in [5.41, 5.74) is 7.66. The summed E-state index contributed by atoms with van der Waals surface area (Å²) < 4.78 is 11.9. The molecule has 5 heteroatoms. The maximum Gasteiger partial charge on any atom is 0.228 e. The van der Waals surface area contributed by atoms with Gasteiger partial charge in [0.05, 0.1) is 29.3 Å². The summed E-state index contributed by atoms with van der Waals surface area (Å²) in [6.07, 6.45) is 13.5. The molecule has 1 aromatic rings. The molecule has 1 aromatic carbocycles. The standard InChI is InChI=1S/C31H39NO3S/c1-20(2)11-8-12-21(3)13-9-14-22(4)15-10-16-24-17-18-26-25(19-24)32-27-29(34-6)30(35-7)28(33)23(5)31(27)36-26/h11,13,15,17-19H,8-10,12,14,16H2,1-7H3/b21-13+,22-15+. The number of aromatic nitrogens is 1.